The lowest BCUT2D eigenvalue weighted by Gasteiger charge is -2.33. The number of rotatable bonds is 4. The van der Waals surface area contributed by atoms with Crippen molar-refractivity contribution in [1.82, 2.24) is 9.80 Å². The summed E-state index contributed by atoms with van der Waals surface area (Å²) in [4.78, 5) is 9.62. The molecule has 0 bridgehead atoms. The van der Waals surface area contributed by atoms with E-state index in [0.29, 0.717) is 5.92 Å². The molecule has 0 aromatic heterocycles. The number of guanidine groups is 1. The molecule has 2 N–H and O–H groups in total. The molecule has 2 heterocycles. The normalized spacial score (nSPS) is 25.0. The maximum atomic E-state index is 6.21. The number of likely N-dealkylation sites (tertiary alicyclic amines) is 2. The molecule has 0 radical (unpaired) electrons. The van der Waals surface area contributed by atoms with Crippen molar-refractivity contribution in [2.45, 2.75) is 52.4 Å². The highest BCUT2D eigenvalue weighted by Crippen LogP contribution is 2.18. The number of hydrogen-bond acceptors (Lipinski definition) is 2. The zero-order chi connectivity index (χ0) is 15.1. The predicted octanol–water partition coefficient (Wildman–Crippen LogP) is 3.16. The third-order valence-electron chi connectivity index (χ3n) is 4.67. The monoisotopic (exact) mass is 422 g/mol. The number of nitrogens with zero attached hydrogens (tertiary/aromatic N) is 3. The Bertz CT molecular complexity index is 325. The summed E-state index contributed by atoms with van der Waals surface area (Å²) in [5.74, 6) is 2.25. The standard InChI is InChI=1S/C17H34N4.HI/c1-15(2)13-20-9-7-8-16(14-20)12-19-17(18)21-10-5-3-4-6-11-21;/h15-16H,3-14H2,1-2H3,(H2,18,19);1H. The molecule has 22 heavy (non-hydrogen) atoms. The fourth-order valence-corrected chi connectivity index (χ4v) is 3.60. The minimum atomic E-state index is 0. The molecule has 2 fully saturated rings. The van der Waals surface area contributed by atoms with Crippen LogP contribution in [0.15, 0.2) is 4.99 Å². The van der Waals surface area contributed by atoms with Gasteiger partial charge in [-0.3, -0.25) is 4.99 Å². The van der Waals surface area contributed by atoms with E-state index in [2.05, 4.69) is 23.6 Å². The van der Waals surface area contributed by atoms with Crippen molar-refractivity contribution < 1.29 is 0 Å². The fraction of sp³-hybridized carbons (Fsp3) is 0.941. The van der Waals surface area contributed by atoms with Gasteiger partial charge in [0.25, 0.3) is 0 Å². The summed E-state index contributed by atoms with van der Waals surface area (Å²) < 4.78 is 0. The molecule has 2 aliphatic rings. The van der Waals surface area contributed by atoms with E-state index < -0.39 is 0 Å². The van der Waals surface area contributed by atoms with Crippen molar-refractivity contribution in [2.24, 2.45) is 22.6 Å². The lowest BCUT2D eigenvalue weighted by molar-refractivity contribution is 0.162. The molecule has 0 saturated carbocycles. The Labute approximate surface area is 153 Å². The fourth-order valence-electron chi connectivity index (χ4n) is 3.60. The van der Waals surface area contributed by atoms with Crippen molar-refractivity contribution in [3.63, 3.8) is 0 Å². The number of piperidine rings is 1. The molecule has 2 saturated heterocycles. The van der Waals surface area contributed by atoms with Crippen LogP contribution in [0.5, 0.6) is 0 Å². The van der Waals surface area contributed by atoms with Crippen LogP contribution in [0.3, 0.4) is 0 Å². The third kappa shape index (κ3) is 7.02. The maximum Gasteiger partial charge on any atom is 0.191 e. The van der Waals surface area contributed by atoms with Crippen LogP contribution >= 0.6 is 24.0 Å². The highest BCUT2D eigenvalue weighted by atomic mass is 127. The van der Waals surface area contributed by atoms with Crippen LogP contribution < -0.4 is 5.73 Å². The highest BCUT2D eigenvalue weighted by Gasteiger charge is 2.20. The summed E-state index contributed by atoms with van der Waals surface area (Å²) in [6.45, 7) is 11.4. The first-order chi connectivity index (χ1) is 10.1. The van der Waals surface area contributed by atoms with Gasteiger partial charge < -0.3 is 15.5 Å². The Hall–Kier alpha value is -0.0400. The average Bonchev–Trinajstić information content (AvgIpc) is 2.73. The molecule has 2 aliphatic heterocycles. The van der Waals surface area contributed by atoms with Crippen molar-refractivity contribution in [2.75, 3.05) is 39.3 Å². The van der Waals surface area contributed by atoms with Gasteiger partial charge in [0.1, 0.15) is 0 Å². The molecular weight excluding hydrogens is 387 g/mol. The van der Waals surface area contributed by atoms with Crippen LogP contribution in [0.1, 0.15) is 52.4 Å². The molecule has 130 valence electrons. The first-order valence-corrected chi connectivity index (χ1v) is 8.92. The summed E-state index contributed by atoms with van der Waals surface area (Å²) in [5, 5.41) is 0. The van der Waals surface area contributed by atoms with Crippen LogP contribution in [0, 0.1) is 11.8 Å². The van der Waals surface area contributed by atoms with Crippen LogP contribution in [0.4, 0.5) is 0 Å². The van der Waals surface area contributed by atoms with Crippen molar-refractivity contribution in [1.29, 1.82) is 0 Å². The number of aliphatic imine (C=N–C) groups is 1. The SMILES string of the molecule is CC(C)CN1CCCC(CN=C(N)N2CCCCCC2)C1.I. The van der Waals surface area contributed by atoms with Crippen LogP contribution in [-0.4, -0.2) is 55.0 Å². The van der Waals surface area contributed by atoms with E-state index in [1.165, 1.54) is 58.2 Å². The molecule has 4 nitrogen and oxygen atoms in total. The maximum absolute atomic E-state index is 6.21. The van der Waals surface area contributed by atoms with E-state index in [1.54, 1.807) is 0 Å². The number of hydrogen-bond donors (Lipinski definition) is 1. The zero-order valence-corrected chi connectivity index (χ0v) is 16.8. The third-order valence-corrected chi connectivity index (χ3v) is 4.67. The number of nitrogens with two attached hydrogens (primary N) is 1. The molecule has 0 amide bonds. The van der Waals surface area contributed by atoms with Gasteiger partial charge in [-0.05, 0) is 44.1 Å². The van der Waals surface area contributed by atoms with Gasteiger partial charge in [-0.15, -0.1) is 24.0 Å². The van der Waals surface area contributed by atoms with Crippen LogP contribution in [0.25, 0.3) is 0 Å². The largest absolute Gasteiger partial charge is 0.370 e. The summed E-state index contributed by atoms with van der Waals surface area (Å²) in [5.41, 5.74) is 6.21. The lowest BCUT2D eigenvalue weighted by Crippen LogP contribution is -2.40. The van der Waals surface area contributed by atoms with E-state index in [-0.39, 0.29) is 24.0 Å². The molecule has 1 unspecified atom stereocenters. The Morgan fingerprint density at radius 1 is 1.09 bits per heavy atom. The predicted molar refractivity (Wildman–Crippen MR) is 106 cm³/mol. The van der Waals surface area contributed by atoms with Gasteiger partial charge in [-0.25, -0.2) is 0 Å². The minimum absolute atomic E-state index is 0. The van der Waals surface area contributed by atoms with Crippen molar-refractivity contribution in [3.05, 3.63) is 0 Å². The molecule has 0 aliphatic carbocycles. The molecule has 1 atom stereocenters. The van der Waals surface area contributed by atoms with Crippen molar-refractivity contribution in [3.8, 4) is 0 Å². The zero-order valence-electron chi connectivity index (χ0n) is 14.5. The Balaban J connectivity index is 0.00000242. The molecule has 0 aromatic carbocycles. The summed E-state index contributed by atoms with van der Waals surface area (Å²) in [6.07, 6.45) is 7.85. The smallest absolute Gasteiger partial charge is 0.191 e. The first-order valence-electron chi connectivity index (χ1n) is 8.92. The average molecular weight is 422 g/mol. The van der Waals surface area contributed by atoms with Gasteiger partial charge >= 0.3 is 0 Å². The van der Waals surface area contributed by atoms with Crippen LogP contribution in [0.2, 0.25) is 0 Å². The van der Waals surface area contributed by atoms with Gasteiger partial charge in [0, 0.05) is 32.7 Å². The van der Waals surface area contributed by atoms with Gasteiger partial charge in [-0.2, -0.15) is 0 Å². The van der Waals surface area contributed by atoms with Gasteiger partial charge in [0.05, 0.1) is 0 Å². The lowest BCUT2D eigenvalue weighted by atomic mass is 9.97. The number of halogens is 1. The van der Waals surface area contributed by atoms with Gasteiger partial charge in [0.15, 0.2) is 5.96 Å². The van der Waals surface area contributed by atoms with E-state index >= 15 is 0 Å². The quantitative estimate of drug-likeness (QED) is 0.430. The summed E-state index contributed by atoms with van der Waals surface area (Å²) in [7, 11) is 0. The molecule has 0 aromatic rings. The first kappa shape index (κ1) is 20.0. The molecular formula is C17H35IN4. The second-order valence-electron chi connectivity index (χ2n) is 7.26. The summed E-state index contributed by atoms with van der Waals surface area (Å²) >= 11 is 0. The van der Waals surface area contributed by atoms with Crippen LogP contribution in [-0.2, 0) is 0 Å². The van der Waals surface area contributed by atoms with E-state index in [4.69, 9.17) is 10.7 Å². The van der Waals surface area contributed by atoms with Gasteiger partial charge in [-0.1, -0.05) is 26.7 Å². The minimum Gasteiger partial charge on any atom is -0.370 e. The molecule has 0 spiro atoms. The summed E-state index contributed by atoms with van der Waals surface area (Å²) in [6, 6.07) is 0. The topological polar surface area (TPSA) is 44.9 Å². The Morgan fingerprint density at radius 3 is 2.41 bits per heavy atom. The van der Waals surface area contributed by atoms with Gasteiger partial charge in [0.2, 0.25) is 0 Å². The molecule has 5 heteroatoms. The van der Waals surface area contributed by atoms with E-state index in [1.807, 2.05) is 0 Å². The Morgan fingerprint density at radius 2 is 1.77 bits per heavy atom. The van der Waals surface area contributed by atoms with E-state index in [0.717, 1.165) is 31.5 Å². The molecule has 2 rings (SSSR count). The second-order valence-corrected chi connectivity index (χ2v) is 7.26. The Kier molecular flexibility index (Phi) is 9.71. The van der Waals surface area contributed by atoms with E-state index in [9.17, 15) is 0 Å². The second kappa shape index (κ2) is 10.7. The van der Waals surface area contributed by atoms with Crippen molar-refractivity contribution >= 4 is 29.9 Å². The highest BCUT2D eigenvalue weighted by molar-refractivity contribution is 14.0.